The third kappa shape index (κ3) is 7.17. The fourth-order valence-corrected chi connectivity index (χ4v) is 7.31. The lowest BCUT2D eigenvalue weighted by atomic mass is 9.93. The lowest BCUT2D eigenvalue weighted by molar-refractivity contribution is -0.149. The van der Waals surface area contributed by atoms with E-state index >= 15 is 0 Å². The number of likely N-dealkylation sites (tertiary alicyclic amines) is 2. The van der Waals surface area contributed by atoms with Crippen LogP contribution in [-0.4, -0.2) is 94.1 Å². The summed E-state index contributed by atoms with van der Waals surface area (Å²) in [6.07, 6.45) is 1.41. The number of piperidine rings is 1. The molecule has 1 saturated carbocycles. The zero-order valence-electron chi connectivity index (χ0n) is 27.8. The van der Waals surface area contributed by atoms with Gasteiger partial charge in [-0.25, -0.2) is 19.2 Å². The number of benzene rings is 2. The van der Waals surface area contributed by atoms with Crippen molar-refractivity contribution in [3.05, 3.63) is 58.7 Å². The van der Waals surface area contributed by atoms with E-state index in [1.165, 1.54) is 9.80 Å². The van der Waals surface area contributed by atoms with Crippen molar-refractivity contribution in [3.63, 3.8) is 0 Å². The highest BCUT2D eigenvalue weighted by molar-refractivity contribution is 6.00. The minimum Gasteiger partial charge on any atom is -0.465 e. The minimum atomic E-state index is -1.15. The van der Waals surface area contributed by atoms with E-state index < -0.39 is 66.6 Å². The van der Waals surface area contributed by atoms with Gasteiger partial charge in [0.1, 0.15) is 17.7 Å². The van der Waals surface area contributed by atoms with E-state index in [0.29, 0.717) is 36.9 Å². The smallest absolute Gasteiger partial charge is 0.411 e. The first kappa shape index (κ1) is 34.1. The Morgan fingerprint density at radius 2 is 1.43 bits per heavy atom. The largest absolute Gasteiger partial charge is 0.465 e. The second-order valence-electron chi connectivity index (χ2n) is 14.0. The van der Waals surface area contributed by atoms with E-state index in [2.05, 4.69) is 0 Å². The van der Waals surface area contributed by atoms with Gasteiger partial charge in [-0.15, -0.1) is 0 Å². The number of fused-ring (bicyclic) bond motifs is 5. The van der Waals surface area contributed by atoms with Crippen LogP contribution in [0.1, 0.15) is 84.7 Å². The quantitative estimate of drug-likeness (QED) is 0.233. The first-order valence-electron chi connectivity index (χ1n) is 16.5. The number of Topliss-reactive ketones (excluding diaryl/α,β-unsaturated/α-hetero) is 2. The fraction of sp³-hybridized carbons (Fsp3) is 0.500. The lowest BCUT2D eigenvalue weighted by Crippen LogP contribution is -2.49. The van der Waals surface area contributed by atoms with Crippen LogP contribution in [-0.2, 0) is 41.8 Å². The molecule has 4 atom stereocenters. The predicted octanol–water partition coefficient (Wildman–Crippen LogP) is 4.77. The third-order valence-corrected chi connectivity index (χ3v) is 9.55. The Balaban J connectivity index is 1.07. The number of amides is 2. The van der Waals surface area contributed by atoms with E-state index in [-0.39, 0.29) is 25.2 Å². The number of hydrogen-bond acceptors (Lipinski definition) is 10. The molecule has 2 saturated heterocycles. The second-order valence-corrected chi connectivity index (χ2v) is 14.0. The highest BCUT2D eigenvalue weighted by atomic mass is 16.6. The van der Waals surface area contributed by atoms with Gasteiger partial charge in [-0.3, -0.25) is 19.4 Å². The molecule has 6 rings (SSSR count). The third-order valence-electron chi connectivity index (χ3n) is 9.55. The molecule has 1 N–H and O–H groups in total. The number of esters is 2. The highest BCUT2D eigenvalue weighted by Crippen LogP contribution is 2.43. The molecule has 4 aliphatic rings. The van der Waals surface area contributed by atoms with Crippen molar-refractivity contribution in [3.8, 4) is 11.1 Å². The molecule has 13 nitrogen and oxygen atoms in total. The van der Waals surface area contributed by atoms with Gasteiger partial charge in [0.15, 0.2) is 24.8 Å². The Hall–Kier alpha value is -4.78. The molecule has 2 bridgehead atoms. The van der Waals surface area contributed by atoms with Crippen molar-refractivity contribution in [2.45, 2.75) is 89.8 Å². The molecule has 2 aromatic rings. The van der Waals surface area contributed by atoms with Gasteiger partial charge in [0.2, 0.25) is 0 Å². The average Bonchev–Trinajstić information content (AvgIpc) is 3.80. The maximum atomic E-state index is 13.1. The minimum absolute atomic E-state index is 0.0899. The molecule has 3 heterocycles. The molecule has 13 heteroatoms. The summed E-state index contributed by atoms with van der Waals surface area (Å²) in [6.45, 7) is 5.00. The van der Waals surface area contributed by atoms with Crippen molar-refractivity contribution in [1.82, 2.24) is 9.80 Å². The van der Waals surface area contributed by atoms with E-state index in [0.717, 1.165) is 35.1 Å². The standard InChI is InChI=1S/C36H40N2O11/c1-36(2,3)49-35(45)37-12-4-5-28(37)32(41)47-18-29(39)20-7-10-26-23(13-20)16-46-17-24-14-21(8-11-27(24)26)30(40)19-48-33(42)31-22-6-9-25(15-22)38(31)34(43)44/h7-8,10-11,13-14,22,25,28,31H,4-6,9,12,15-19H2,1-3H3,(H,43,44). The number of ketones is 2. The normalized spacial score (nSPS) is 22.5. The van der Waals surface area contributed by atoms with Gasteiger partial charge in [0, 0.05) is 23.7 Å². The number of carboxylic acid groups (broad SMARTS) is 1. The molecule has 49 heavy (non-hydrogen) atoms. The van der Waals surface area contributed by atoms with Gasteiger partial charge in [0.05, 0.1) is 13.2 Å². The molecule has 2 aromatic carbocycles. The first-order valence-corrected chi connectivity index (χ1v) is 16.5. The number of carbonyl (C=O) groups is 6. The van der Waals surface area contributed by atoms with Crippen molar-refractivity contribution in [2.75, 3.05) is 19.8 Å². The van der Waals surface area contributed by atoms with Crippen LogP contribution in [0.3, 0.4) is 0 Å². The zero-order chi connectivity index (χ0) is 35.0. The summed E-state index contributed by atoms with van der Waals surface area (Å²) >= 11 is 0. The van der Waals surface area contributed by atoms with Gasteiger partial charge in [-0.1, -0.05) is 24.3 Å². The van der Waals surface area contributed by atoms with Crippen LogP contribution in [0.5, 0.6) is 0 Å². The summed E-state index contributed by atoms with van der Waals surface area (Å²) in [6, 6.07) is 8.33. The fourth-order valence-electron chi connectivity index (χ4n) is 7.31. The summed E-state index contributed by atoms with van der Waals surface area (Å²) in [7, 11) is 0. The maximum absolute atomic E-state index is 13.1. The number of carbonyl (C=O) groups excluding carboxylic acids is 5. The summed E-state index contributed by atoms with van der Waals surface area (Å²) < 4.78 is 21.9. The van der Waals surface area contributed by atoms with Gasteiger partial charge in [-0.2, -0.15) is 0 Å². The van der Waals surface area contributed by atoms with Crippen LogP contribution in [0, 0.1) is 5.92 Å². The van der Waals surface area contributed by atoms with Crippen molar-refractivity contribution < 1.29 is 52.8 Å². The highest BCUT2D eigenvalue weighted by Gasteiger charge is 2.52. The van der Waals surface area contributed by atoms with E-state index in [4.69, 9.17) is 18.9 Å². The summed E-state index contributed by atoms with van der Waals surface area (Å²) in [5, 5.41) is 9.58. The predicted molar refractivity (Wildman–Crippen MR) is 172 cm³/mol. The Morgan fingerprint density at radius 3 is 2.00 bits per heavy atom. The van der Waals surface area contributed by atoms with Gasteiger partial charge in [-0.05, 0) is 93.2 Å². The molecule has 4 unspecified atom stereocenters. The SMILES string of the molecule is CC(C)(C)OC(=O)N1CCCC1C(=O)OCC(=O)c1ccc2c(c1)COCc1cc(C(=O)COC(=O)C3C4CCC(C4)N3C(=O)O)ccc1-2. The Kier molecular flexibility index (Phi) is 9.47. The zero-order valence-corrected chi connectivity index (χ0v) is 27.8. The molecular formula is C36H40N2O11. The monoisotopic (exact) mass is 676 g/mol. The first-order chi connectivity index (χ1) is 23.3. The van der Waals surface area contributed by atoms with Crippen molar-refractivity contribution in [1.29, 1.82) is 0 Å². The molecule has 0 spiro atoms. The summed E-state index contributed by atoms with van der Waals surface area (Å²) in [5.74, 6) is -2.27. The summed E-state index contributed by atoms with van der Waals surface area (Å²) in [5.41, 5.74) is 3.05. The molecular weight excluding hydrogens is 636 g/mol. The second kappa shape index (κ2) is 13.6. The van der Waals surface area contributed by atoms with Crippen molar-refractivity contribution in [2.24, 2.45) is 5.92 Å². The van der Waals surface area contributed by atoms with Gasteiger partial charge < -0.3 is 24.1 Å². The average molecular weight is 677 g/mol. The topological polar surface area (TPSA) is 166 Å². The Labute approximate surface area is 283 Å². The molecule has 1 aliphatic carbocycles. The van der Waals surface area contributed by atoms with Crippen LogP contribution in [0.15, 0.2) is 36.4 Å². The Bertz CT molecular complexity index is 1700. The van der Waals surface area contributed by atoms with Crippen LogP contribution < -0.4 is 0 Å². The van der Waals surface area contributed by atoms with E-state index in [1.54, 1.807) is 57.2 Å². The van der Waals surface area contributed by atoms with Crippen molar-refractivity contribution >= 4 is 35.7 Å². The van der Waals surface area contributed by atoms with Gasteiger partial charge >= 0.3 is 24.1 Å². The lowest BCUT2D eigenvalue weighted by Gasteiger charge is -2.31. The Morgan fingerprint density at radius 1 is 0.837 bits per heavy atom. The summed E-state index contributed by atoms with van der Waals surface area (Å²) in [4.78, 5) is 78.5. The molecule has 3 aliphatic heterocycles. The van der Waals surface area contributed by atoms with E-state index in [1.807, 2.05) is 0 Å². The number of hydrogen-bond donors (Lipinski definition) is 1. The van der Waals surface area contributed by atoms with E-state index in [9.17, 15) is 33.9 Å². The van der Waals surface area contributed by atoms with Gasteiger partial charge in [0.25, 0.3) is 0 Å². The van der Waals surface area contributed by atoms with Crippen LogP contribution in [0.2, 0.25) is 0 Å². The number of ether oxygens (including phenoxy) is 4. The molecule has 2 amide bonds. The molecule has 3 fully saturated rings. The number of nitrogens with zero attached hydrogens (tertiary/aromatic N) is 2. The number of rotatable bonds is 8. The molecule has 0 aromatic heterocycles. The molecule has 260 valence electrons. The molecule has 0 radical (unpaired) electrons. The maximum Gasteiger partial charge on any atom is 0.411 e. The van der Waals surface area contributed by atoms with Crippen LogP contribution in [0.4, 0.5) is 9.59 Å². The van der Waals surface area contributed by atoms with Crippen LogP contribution >= 0.6 is 0 Å². The van der Waals surface area contributed by atoms with Crippen LogP contribution in [0.25, 0.3) is 11.1 Å².